The van der Waals surface area contributed by atoms with Crippen molar-refractivity contribution in [1.82, 2.24) is 5.06 Å². The molecule has 0 aromatic heterocycles. The molecule has 0 saturated heterocycles. The molecule has 0 rings (SSSR count). The highest BCUT2D eigenvalue weighted by atomic mass is 127. The van der Waals surface area contributed by atoms with Gasteiger partial charge in [-0.2, -0.15) is 13.2 Å². The maximum absolute atomic E-state index is 12.1. The van der Waals surface area contributed by atoms with Gasteiger partial charge in [0.25, 0.3) is 0 Å². The van der Waals surface area contributed by atoms with E-state index in [2.05, 4.69) is 4.84 Å². The highest BCUT2D eigenvalue weighted by molar-refractivity contribution is 14.1. The van der Waals surface area contributed by atoms with Gasteiger partial charge in [0, 0.05) is 13.0 Å². The number of allylic oxidation sites excluding steroid dienone is 2. The molecule has 0 aliphatic carbocycles. The van der Waals surface area contributed by atoms with Crippen molar-refractivity contribution in [1.29, 1.82) is 0 Å². The lowest BCUT2D eigenvalue weighted by atomic mass is 10.1. The van der Waals surface area contributed by atoms with Crippen LogP contribution >= 0.6 is 22.6 Å². The zero-order valence-electron chi connectivity index (χ0n) is 9.14. The lowest BCUT2D eigenvalue weighted by Crippen LogP contribution is -2.30. The van der Waals surface area contributed by atoms with E-state index in [1.807, 2.05) is 0 Å². The fourth-order valence-electron chi connectivity index (χ4n) is 0.897. The van der Waals surface area contributed by atoms with Gasteiger partial charge in [-0.05, 0) is 29.0 Å². The van der Waals surface area contributed by atoms with Gasteiger partial charge in [0.15, 0.2) is 0 Å². The zero-order valence-corrected chi connectivity index (χ0v) is 11.3. The Morgan fingerprint density at radius 3 is 2.44 bits per heavy atom. The minimum atomic E-state index is -4.34. The summed E-state index contributed by atoms with van der Waals surface area (Å²) in [4.78, 5) is 16.1. The van der Waals surface area contributed by atoms with Crippen LogP contribution in [-0.4, -0.2) is 31.3 Å². The fourth-order valence-corrected chi connectivity index (χ4v) is 1.15. The Morgan fingerprint density at radius 2 is 2.06 bits per heavy atom. The average Bonchev–Trinajstić information content (AvgIpc) is 2.21. The molecular formula is C9H13F3INO2. The molecule has 0 radical (unpaired) electrons. The molecule has 7 heteroatoms. The average molecular weight is 351 g/mol. The van der Waals surface area contributed by atoms with Crippen molar-refractivity contribution in [2.45, 2.75) is 19.5 Å². The van der Waals surface area contributed by atoms with Crippen LogP contribution < -0.4 is 0 Å². The van der Waals surface area contributed by atoms with Crippen molar-refractivity contribution in [3.05, 3.63) is 9.66 Å². The van der Waals surface area contributed by atoms with Gasteiger partial charge in [-0.25, -0.2) is 5.06 Å². The second kappa shape index (κ2) is 6.43. The van der Waals surface area contributed by atoms with Crippen LogP contribution in [0.4, 0.5) is 13.2 Å². The number of alkyl halides is 3. The molecule has 0 bridgehead atoms. The monoisotopic (exact) mass is 351 g/mol. The van der Waals surface area contributed by atoms with E-state index in [9.17, 15) is 18.0 Å². The summed E-state index contributed by atoms with van der Waals surface area (Å²) >= 11 is 1.21. The number of halogens is 4. The highest BCUT2D eigenvalue weighted by Crippen LogP contribution is 2.31. The summed E-state index contributed by atoms with van der Waals surface area (Å²) in [6.07, 6.45) is -3.30. The summed E-state index contributed by atoms with van der Waals surface area (Å²) < 4.78 is 35.7. The second-order valence-electron chi connectivity index (χ2n) is 3.20. The number of hydroxylamine groups is 2. The third-order valence-corrected chi connectivity index (χ3v) is 2.98. The maximum Gasteiger partial charge on any atom is 0.421 e. The predicted octanol–water partition coefficient (Wildman–Crippen LogP) is 2.91. The molecule has 1 unspecified atom stereocenters. The van der Waals surface area contributed by atoms with E-state index in [0.717, 1.165) is 11.1 Å². The molecule has 0 spiro atoms. The van der Waals surface area contributed by atoms with Crippen LogP contribution in [0.15, 0.2) is 9.66 Å². The minimum absolute atomic E-state index is 0.0321. The van der Waals surface area contributed by atoms with Crippen molar-refractivity contribution in [2.75, 3.05) is 14.2 Å². The van der Waals surface area contributed by atoms with Crippen LogP contribution in [-0.2, 0) is 9.63 Å². The number of carbonyl (C=O) groups excluding carboxylic acids is 1. The SMILES string of the molecule is CON(C)C(=O)C(C)C/C=C(\I)C(F)(F)F. The van der Waals surface area contributed by atoms with E-state index in [1.54, 1.807) is 6.92 Å². The Morgan fingerprint density at radius 1 is 1.56 bits per heavy atom. The molecule has 0 N–H and O–H groups in total. The molecule has 0 aliphatic heterocycles. The number of amides is 1. The molecule has 1 atom stereocenters. The quantitative estimate of drug-likeness (QED) is 0.576. The van der Waals surface area contributed by atoms with Crippen molar-refractivity contribution in [2.24, 2.45) is 5.92 Å². The lowest BCUT2D eigenvalue weighted by Gasteiger charge is -2.17. The van der Waals surface area contributed by atoms with E-state index >= 15 is 0 Å². The van der Waals surface area contributed by atoms with Crippen LogP contribution in [0, 0.1) is 5.92 Å². The first-order chi connectivity index (χ1) is 7.20. The minimum Gasteiger partial charge on any atom is -0.275 e. The molecule has 16 heavy (non-hydrogen) atoms. The molecule has 0 heterocycles. The molecule has 1 amide bonds. The number of hydrogen-bond acceptors (Lipinski definition) is 2. The van der Waals surface area contributed by atoms with Crippen LogP contribution in [0.2, 0.25) is 0 Å². The van der Waals surface area contributed by atoms with Gasteiger partial charge in [0.1, 0.15) is 0 Å². The number of rotatable bonds is 4. The number of carbonyl (C=O) groups is 1. The molecule has 94 valence electrons. The highest BCUT2D eigenvalue weighted by Gasteiger charge is 2.31. The summed E-state index contributed by atoms with van der Waals surface area (Å²) in [5.41, 5.74) is 0. The van der Waals surface area contributed by atoms with Gasteiger partial charge in [-0.15, -0.1) is 0 Å². The van der Waals surface area contributed by atoms with E-state index < -0.39 is 15.7 Å². The first-order valence-corrected chi connectivity index (χ1v) is 5.52. The normalized spacial score (nSPS) is 14.8. The van der Waals surface area contributed by atoms with Gasteiger partial charge in [0.2, 0.25) is 5.91 Å². The Balaban J connectivity index is 4.37. The van der Waals surface area contributed by atoms with Crippen LogP contribution in [0.1, 0.15) is 13.3 Å². The summed E-state index contributed by atoms with van der Waals surface area (Å²) in [6, 6.07) is 0. The lowest BCUT2D eigenvalue weighted by molar-refractivity contribution is -0.172. The first-order valence-electron chi connectivity index (χ1n) is 4.44. The van der Waals surface area contributed by atoms with E-state index in [1.165, 1.54) is 36.7 Å². The Bertz CT molecular complexity index is 278. The van der Waals surface area contributed by atoms with Gasteiger partial charge in [-0.1, -0.05) is 13.0 Å². The van der Waals surface area contributed by atoms with Crippen molar-refractivity contribution in [3.8, 4) is 0 Å². The van der Waals surface area contributed by atoms with Crippen molar-refractivity contribution in [3.63, 3.8) is 0 Å². The van der Waals surface area contributed by atoms with Crippen LogP contribution in [0.5, 0.6) is 0 Å². The molecular weight excluding hydrogens is 338 g/mol. The second-order valence-corrected chi connectivity index (χ2v) is 4.37. The maximum atomic E-state index is 12.1. The third-order valence-electron chi connectivity index (χ3n) is 1.93. The Labute approximate surface area is 106 Å². The molecule has 0 aromatic carbocycles. The number of nitrogens with zero attached hydrogens (tertiary/aromatic N) is 1. The smallest absolute Gasteiger partial charge is 0.275 e. The Kier molecular flexibility index (Phi) is 6.31. The summed E-state index contributed by atoms with van der Waals surface area (Å²) in [5.74, 6) is -0.901. The first kappa shape index (κ1) is 15.7. The number of hydrogen-bond donors (Lipinski definition) is 0. The molecule has 0 fully saturated rings. The van der Waals surface area contributed by atoms with Gasteiger partial charge >= 0.3 is 6.18 Å². The van der Waals surface area contributed by atoms with Gasteiger partial charge < -0.3 is 0 Å². The molecule has 0 aliphatic rings. The Hall–Kier alpha value is -0.310. The molecule has 0 saturated carbocycles. The topological polar surface area (TPSA) is 29.5 Å². The summed E-state index contributed by atoms with van der Waals surface area (Å²) in [5, 5.41) is 0.999. The largest absolute Gasteiger partial charge is 0.421 e. The van der Waals surface area contributed by atoms with E-state index in [-0.39, 0.29) is 12.3 Å². The standard InChI is InChI=1S/C9H13F3INO2/c1-6(8(15)14(2)16-3)4-5-7(13)9(10,11)12/h5-6H,4H2,1-3H3/b7-5-. The summed E-state index contributed by atoms with van der Waals surface area (Å²) in [7, 11) is 2.73. The summed E-state index contributed by atoms with van der Waals surface area (Å²) in [6.45, 7) is 1.55. The van der Waals surface area contributed by atoms with E-state index in [0.29, 0.717) is 0 Å². The molecule has 3 nitrogen and oxygen atoms in total. The van der Waals surface area contributed by atoms with Crippen LogP contribution in [0.3, 0.4) is 0 Å². The third kappa shape index (κ3) is 5.15. The van der Waals surface area contributed by atoms with Gasteiger partial charge in [0.05, 0.1) is 10.7 Å². The van der Waals surface area contributed by atoms with E-state index in [4.69, 9.17) is 0 Å². The fraction of sp³-hybridized carbons (Fsp3) is 0.667. The predicted molar refractivity (Wildman–Crippen MR) is 61.7 cm³/mol. The van der Waals surface area contributed by atoms with Gasteiger partial charge in [-0.3, -0.25) is 9.63 Å². The zero-order chi connectivity index (χ0) is 12.9. The van der Waals surface area contributed by atoms with Crippen molar-refractivity contribution >= 4 is 28.5 Å². The molecule has 0 aromatic rings. The van der Waals surface area contributed by atoms with Crippen molar-refractivity contribution < 1.29 is 22.8 Å². The van der Waals surface area contributed by atoms with Crippen LogP contribution in [0.25, 0.3) is 0 Å².